The number of benzene rings is 2. The average Bonchev–Trinajstić information content (AvgIpc) is 2.41. The molecule has 0 amide bonds. The van der Waals surface area contributed by atoms with Crippen molar-refractivity contribution < 1.29 is 4.39 Å². The van der Waals surface area contributed by atoms with Gasteiger partial charge in [-0.3, -0.25) is 0 Å². The minimum absolute atomic E-state index is 0.332. The molecular formula is C15H12BrCl2F. The molecular weight excluding hydrogens is 350 g/mol. The molecule has 0 aliphatic carbocycles. The van der Waals surface area contributed by atoms with E-state index in [1.54, 1.807) is 30.3 Å². The zero-order chi connectivity index (χ0) is 13.8. The van der Waals surface area contributed by atoms with Crippen LogP contribution in [0.4, 0.5) is 4.39 Å². The summed E-state index contributed by atoms with van der Waals surface area (Å²) in [5.74, 6) is 0. The molecule has 100 valence electrons. The van der Waals surface area contributed by atoms with Crippen molar-refractivity contribution in [2.45, 2.75) is 17.9 Å². The minimum Gasteiger partial charge on any atom is -0.242 e. The second-order valence-corrected chi connectivity index (χ2v) is 5.71. The Morgan fingerprint density at radius 2 is 1.63 bits per heavy atom. The molecule has 0 aliphatic rings. The van der Waals surface area contributed by atoms with E-state index in [9.17, 15) is 4.39 Å². The number of rotatable bonds is 4. The Labute approximate surface area is 130 Å². The Hall–Kier alpha value is -0.570. The molecule has 0 saturated carbocycles. The predicted octanol–water partition coefficient (Wildman–Crippen LogP) is 6.14. The first-order valence-electron chi connectivity index (χ1n) is 5.83. The van der Waals surface area contributed by atoms with Crippen LogP contribution in [0.25, 0.3) is 0 Å². The summed E-state index contributed by atoms with van der Waals surface area (Å²) in [5, 5.41) is 1.87. The molecule has 0 spiro atoms. The second-order valence-electron chi connectivity index (χ2n) is 4.27. The van der Waals surface area contributed by atoms with Crippen LogP contribution in [0, 0.1) is 0 Å². The summed E-state index contributed by atoms with van der Waals surface area (Å²) in [6, 6.07) is 12.5. The third kappa shape index (κ3) is 3.95. The molecule has 2 aromatic rings. The highest BCUT2D eigenvalue weighted by atomic mass is 79.9. The van der Waals surface area contributed by atoms with E-state index in [4.69, 9.17) is 23.2 Å². The van der Waals surface area contributed by atoms with Gasteiger partial charge in [0.05, 0.1) is 0 Å². The van der Waals surface area contributed by atoms with Gasteiger partial charge in [-0.1, -0.05) is 57.3 Å². The lowest BCUT2D eigenvalue weighted by molar-refractivity contribution is 0.341. The zero-order valence-electron chi connectivity index (χ0n) is 10.0. The molecule has 0 saturated heterocycles. The van der Waals surface area contributed by atoms with E-state index in [2.05, 4.69) is 15.9 Å². The highest BCUT2D eigenvalue weighted by Crippen LogP contribution is 2.29. The van der Waals surface area contributed by atoms with Crippen LogP contribution in [0.1, 0.15) is 22.9 Å². The van der Waals surface area contributed by atoms with Crippen LogP contribution in [0.3, 0.4) is 0 Å². The van der Waals surface area contributed by atoms with Gasteiger partial charge in [0.1, 0.15) is 6.17 Å². The Bertz CT molecular complexity index is 555. The van der Waals surface area contributed by atoms with E-state index in [-0.39, 0.29) is 0 Å². The van der Waals surface area contributed by atoms with Crippen LogP contribution >= 0.6 is 39.1 Å². The molecule has 1 atom stereocenters. The van der Waals surface area contributed by atoms with Gasteiger partial charge < -0.3 is 0 Å². The SMILES string of the molecule is FC(Cc1ccc(Cl)cc1)c1ccc(Cl)cc1CBr. The van der Waals surface area contributed by atoms with Crippen molar-refractivity contribution in [2.24, 2.45) is 0 Å². The van der Waals surface area contributed by atoms with Crippen molar-refractivity contribution in [1.82, 2.24) is 0 Å². The molecule has 0 nitrogen and oxygen atoms in total. The molecule has 19 heavy (non-hydrogen) atoms. The van der Waals surface area contributed by atoms with Gasteiger partial charge in [0.25, 0.3) is 0 Å². The molecule has 1 unspecified atom stereocenters. The van der Waals surface area contributed by atoms with E-state index in [0.717, 1.165) is 11.1 Å². The molecule has 0 heterocycles. The molecule has 2 aromatic carbocycles. The third-order valence-electron chi connectivity index (χ3n) is 2.91. The van der Waals surface area contributed by atoms with Gasteiger partial charge in [-0.25, -0.2) is 4.39 Å². The minimum atomic E-state index is -1.05. The number of hydrogen-bond donors (Lipinski definition) is 0. The van der Waals surface area contributed by atoms with Gasteiger partial charge in [0, 0.05) is 21.8 Å². The van der Waals surface area contributed by atoms with Gasteiger partial charge in [0.15, 0.2) is 0 Å². The fraction of sp³-hybridized carbons (Fsp3) is 0.200. The number of alkyl halides is 2. The highest BCUT2D eigenvalue weighted by molar-refractivity contribution is 9.08. The standard InChI is InChI=1S/C15H12BrCl2F/c16-9-11-8-13(18)5-6-14(11)15(19)7-10-1-3-12(17)4-2-10/h1-6,8,15H,7,9H2. The van der Waals surface area contributed by atoms with Crippen molar-refractivity contribution in [2.75, 3.05) is 0 Å². The van der Waals surface area contributed by atoms with Gasteiger partial charge >= 0.3 is 0 Å². The topological polar surface area (TPSA) is 0 Å². The lowest BCUT2D eigenvalue weighted by Crippen LogP contribution is -2.00. The molecule has 0 fully saturated rings. The van der Waals surface area contributed by atoms with Crippen LogP contribution in [0.15, 0.2) is 42.5 Å². The summed E-state index contributed by atoms with van der Waals surface area (Å²) in [6.45, 7) is 0. The van der Waals surface area contributed by atoms with Crippen molar-refractivity contribution in [3.05, 3.63) is 69.2 Å². The van der Waals surface area contributed by atoms with Crippen LogP contribution in [0.5, 0.6) is 0 Å². The Morgan fingerprint density at radius 3 is 2.26 bits per heavy atom. The van der Waals surface area contributed by atoms with E-state index in [1.165, 1.54) is 0 Å². The van der Waals surface area contributed by atoms with E-state index in [0.29, 0.717) is 27.4 Å². The van der Waals surface area contributed by atoms with E-state index >= 15 is 0 Å². The first-order chi connectivity index (χ1) is 9.10. The van der Waals surface area contributed by atoms with Crippen LogP contribution < -0.4 is 0 Å². The maximum Gasteiger partial charge on any atom is 0.129 e. The molecule has 2 rings (SSSR count). The lowest BCUT2D eigenvalue weighted by atomic mass is 9.99. The van der Waals surface area contributed by atoms with Gasteiger partial charge in [-0.05, 0) is 41.0 Å². The van der Waals surface area contributed by atoms with Crippen molar-refractivity contribution in [3.8, 4) is 0 Å². The van der Waals surface area contributed by atoms with Gasteiger partial charge in [0.2, 0.25) is 0 Å². The van der Waals surface area contributed by atoms with Crippen LogP contribution in [-0.4, -0.2) is 0 Å². The molecule has 0 aliphatic heterocycles. The van der Waals surface area contributed by atoms with Crippen LogP contribution in [0.2, 0.25) is 10.0 Å². The quantitative estimate of drug-likeness (QED) is 0.573. The summed E-state index contributed by atoms with van der Waals surface area (Å²) in [5.41, 5.74) is 2.48. The van der Waals surface area contributed by atoms with E-state index < -0.39 is 6.17 Å². The fourth-order valence-electron chi connectivity index (χ4n) is 1.93. The first-order valence-corrected chi connectivity index (χ1v) is 7.70. The maximum atomic E-state index is 14.4. The highest BCUT2D eigenvalue weighted by Gasteiger charge is 2.15. The van der Waals surface area contributed by atoms with Gasteiger partial charge in [-0.2, -0.15) is 0 Å². The second kappa shape index (κ2) is 6.74. The van der Waals surface area contributed by atoms with Crippen molar-refractivity contribution >= 4 is 39.1 Å². The molecule has 0 aromatic heterocycles. The zero-order valence-corrected chi connectivity index (χ0v) is 13.1. The summed E-state index contributed by atoms with van der Waals surface area (Å²) >= 11 is 15.1. The Morgan fingerprint density at radius 1 is 1.00 bits per heavy atom. The fourth-order valence-corrected chi connectivity index (χ4v) is 2.74. The summed E-state index contributed by atoms with van der Waals surface area (Å²) < 4.78 is 14.4. The normalized spacial score (nSPS) is 12.4. The summed E-state index contributed by atoms with van der Waals surface area (Å²) in [6.07, 6.45) is -0.718. The van der Waals surface area contributed by atoms with E-state index in [1.807, 2.05) is 12.1 Å². The molecule has 0 radical (unpaired) electrons. The summed E-state index contributed by atoms with van der Waals surface area (Å²) in [7, 11) is 0. The smallest absolute Gasteiger partial charge is 0.129 e. The Kier molecular flexibility index (Phi) is 5.26. The third-order valence-corrected chi connectivity index (χ3v) is 4.01. The summed E-state index contributed by atoms with van der Waals surface area (Å²) in [4.78, 5) is 0. The molecule has 0 N–H and O–H groups in total. The number of hydrogen-bond acceptors (Lipinski definition) is 0. The lowest BCUT2D eigenvalue weighted by Gasteiger charge is -2.13. The maximum absolute atomic E-state index is 14.4. The average molecular weight is 362 g/mol. The van der Waals surface area contributed by atoms with Crippen LogP contribution in [-0.2, 0) is 11.8 Å². The van der Waals surface area contributed by atoms with Gasteiger partial charge in [-0.15, -0.1) is 0 Å². The largest absolute Gasteiger partial charge is 0.242 e. The first kappa shape index (κ1) is 14.8. The monoisotopic (exact) mass is 360 g/mol. The molecule has 0 bridgehead atoms. The predicted molar refractivity (Wildman–Crippen MR) is 83.1 cm³/mol. The molecule has 4 heteroatoms. The van der Waals surface area contributed by atoms with Crippen molar-refractivity contribution in [3.63, 3.8) is 0 Å². The number of halogens is 4. The van der Waals surface area contributed by atoms with Crippen molar-refractivity contribution in [1.29, 1.82) is 0 Å². The Balaban J connectivity index is 2.19.